The van der Waals surface area contributed by atoms with Crippen molar-refractivity contribution in [3.63, 3.8) is 0 Å². The van der Waals surface area contributed by atoms with E-state index in [1.54, 1.807) is 20.1 Å². The van der Waals surface area contributed by atoms with Crippen LogP contribution >= 0.6 is 12.6 Å². The number of rotatable bonds is 3. The second-order valence-electron chi connectivity index (χ2n) is 2.78. The lowest BCUT2D eigenvalue weighted by Crippen LogP contribution is -2.42. The average molecular weight is 207 g/mol. The van der Waals surface area contributed by atoms with Crippen LogP contribution in [0.1, 0.15) is 20.8 Å². The molecule has 0 aromatic carbocycles. The maximum Gasteiger partial charge on any atom is 0.405 e. The first-order valence-corrected chi connectivity index (χ1v) is 4.79. The molecule has 1 atom stereocenters. The zero-order chi connectivity index (χ0) is 11.0. The van der Waals surface area contributed by atoms with Crippen LogP contribution in [0.25, 0.3) is 0 Å². The van der Waals surface area contributed by atoms with E-state index in [0.29, 0.717) is 0 Å². The molecular formula is C8H17NO3S. The molecule has 0 heterocycles. The number of amides is 1. The van der Waals surface area contributed by atoms with Gasteiger partial charge in [0.25, 0.3) is 0 Å². The highest BCUT2D eigenvalue weighted by atomic mass is 32.1. The minimum absolute atomic E-state index is 0.00333. The maximum absolute atomic E-state index is 10.8. The fourth-order valence-electron chi connectivity index (χ4n) is 0.871. The first-order valence-electron chi connectivity index (χ1n) is 3.89. The second-order valence-corrected chi connectivity index (χ2v) is 2.78. The van der Waals surface area contributed by atoms with Gasteiger partial charge in [-0.2, -0.15) is 12.6 Å². The van der Waals surface area contributed by atoms with Gasteiger partial charge in [0.05, 0.1) is 6.04 Å². The molecule has 5 heteroatoms. The number of carboxylic acid groups (broad SMARTS) is 1. The molecule has 78 valence electrons. The molecule has 0 saturated carbocycles. The molecule has 13 heavy (non-hydrogen) atoms. The first-order chi connectivity index (χ1) is 5.95. The lowest BCUT2D eigenvalue weighted by Gasteiger charge is -2.16. The summed E-state index contributed by atoms with van der Waals surface area (Å²) >= 11 is 3.53. The monoisotopic (exact) mass is 207 g/mol. The van der Waals surface area contributed by atoms with Crippen LogP contribution in [-0.2, 0) is 4.79 Å². The third-order valence-electron chi connectivity index (χ3n) is 1.38. The van der Waals surface area contributed by atoms with Crippen molar-refractivity contribution in [2.45, 2.75) is 26.8 Å². The van der Waals surface area contributed by atoms with Crippen LogP contribution in [0.4, 0.5) is 4.79 Å². The summed E-state index contributed by atoms with van der Waals surface area (Å²) in [7, 11) is 0. The number of ketones is 1. The molecule has 0 radical (unpaired) electrons. The molecule has 1 unspecified atom stereocenters. The van der Waals surface area contributed by atoms with Crippen LogP contribution in [0.5, 0.6) is 0 Å². The molecule has 0 saturated heterocycles. The van der Waals surface area contributed by atoms with Crippen LogP contribution < -0.4 is 5.32 Å². The summed E-state index contributed by atoms with van der Waals surface area (Å²) in [4.78, 5) is 21.0. The maximum atomic E-state index is 10.8. The minimum atomic E-state index is -1.15. The van der Waals surface area contributed by atoms with Crippen LogP contribution in [0, 0.1) is 5.92 Å². The van der Waals surface area contributed by atoms with Crippen LogP contribution in [-0.4, -0.2) is 29.3 Å². The van der Waals surface area contributed by atoms with Crippen molar-refractivity contribution in [2.75, 3.05) is 6.26 Å². The topological polar surface area (TPSA) is 66.4 Å². The van der Waals surface area contributed by atoms with E-state index >= 15 is 0 Å². The van der Waals surface area contributed by atoms with Gasteiger partial charge >= 0.3 is 6.09 Å². The van der Waals surface area contributed by atoms with Gasteiger partial charge < -0.3 is 10.4 Å². The Hall–Kier alpha value is -0.710. The Balaban J connectivity index is 0. The van der Waals surface area contributed by atoms with E-state index in [1.807, 2.05) is 0 Å². The molecule has 0 spiro atoms. The smallest absolute Gasteiger partial charge is 0.405 e. The van der Waals surface area contributed by atoms with Crippen molar-refractivity contribution >= 4 is 24.5 Å². The first kappa shape index (κ1) is 14.8. The molecule has 4 nitrogen and oxygen atoms in total. The number of nitrogens with one attached hydrogen (secondary N) is 1. The highest BCUT2D eigenvalue weighted by Crippen LogP contribution is 2.01. The Morgan fingerprint density at radius 1 is 1.31 bits per heavy atom. The van der Waals surface area contributed by atoms with Crippen molar-refractivity contribution < 1.29 is 14.7 Å². The van der Waals surface area contributed by atoms with Gasteiger partial charge in [-0.25, -0.2) is 4.79 Å². The van der Waals surface area contributed by atoms with E-state index in [4.69, 9.17) is 5.11 Å². The van der Waals surface area contributed by atoms with Gasteiger partial charge in [-0.05, 0) is 19.1 Å². The van der Waals surface area contributed by atoms with Crippen molar-refractivity contribution in [1.82, 2.24) is 5.32 Å². The van der Waals surface area contributed by atoms with E-state index in [9.17, 15) is 9.59 Å². The van der Waals surface area contributed by atoms with Gasteiger partial charge in [0.15, 0.2) is 5.78 Å². The number of carbonyl (C=O) groups is 2. The zero-order valence-electron chi connectivity index (χ0n) is 8.37. The fraction of sp³-hybridized carbons (Fsp3) is 0.750. The van der Waals surface area contributed by atoms with Crippen LogP contribution in [0.15, 0.2) is 0 Å². The van der Waals surface area contributed by atoms with Crippen molar-refractivity contribution in [2.24, 2.45) is 5.92 Å². The van der Waals surface area contributed by atoms with Gasteiger partial charge in [0, 0.05) is 0 Å². The molecular weight excluding hydrogens is 190 g/mol. The molecule has 0 aliphatic rings. The van der Waals surface area contributed by atoms with Gasteiger partial charge in [-0.3, -0.25) is 4.79 Å². The van der Waals surface area contributed by atoms with E-state index in [2.05, 4.69) is 17.9 Å². The number of Topliss-reactive ketones (excluding diaryl/α,β-unsaturated/α-hetero) is 1. The molecule has 0 aromatic heterocycles. The molecule has 0 aliphatic heterocycles. The summed E-state index contributed by atoms with van der Waals surface area (Å²) < 4.78 is 0. The number of thiol groups is 1. The quantitative estimate of drug-likeness (QED) is 0.613. The van der Waals surface area contributed by atoms with Crippen LogP contribution in [0.3, 0.4) is 0 Å². The van der Waals surface area contributed by atoms with E-state index in [0.717, 1.165) is 0 Å². The molecule has 0 rings (SSSR count). The fourth-order valence-corrected chi connectivity index (χ4v) is 0.871. The Morgan fingerprint density at radius 2 is 1.69 bits per heavy atom. The van der Waals surface area contributed by atoms with Gasteiger partial charge in [0.1, 0.15) is 0 Å². The normalized spacial score (nSPS) is 11.2. The van der Waals surface area contributed by atoms with Gasteiger partial charge in [-0.1, -0.05) is 13.8 Å². The summed E-state index contributed by atoms with van der Waals surface area (Å²) in [6.45, 7) is 4.96. The SMILES string of the molecule is CC(=O)C(NC(=O)O)C(C)C.CS. The summed E-state index contributed by atoms with van der Waals surface area (Å²) in [6, 6.07) is -0.576. The van der Waals surface area contributed by atoms with Crippen molar-refractivity contribution in [3.8, 4) is 0 Å². The number of hydrogen-bond acceptors (Lipinski definition) is 3. The second kappa shape index (κ2) is 7.91. The molecule has 0 fully saturated rings. The predicted octanol–water partition coefficient (Wildman–Crippen LogP) is 1.41. The zero-order valence-corrected chi connectivity index (χ0v) is 9.26. The Kier molecular flexibility index (Phi) is 9.01. The van der Waals surface area contributed by atoms with Gasteiger partial charge in [0.2, 0.25) is 0 Å². The van der Waals surface area contributed by atoms with Gasteiger partial charge in [-0.15, -0.1) is 0 Å². The number of carbonyl (C=O) groups excluding carboxylic acids is 1. The minimum Gasteiger partial charge on any atom is -0.465 e. The highest BCUT2D eigenvalue weighted by Gasteiger charge is 2.19. The molecule has 0 bridgehead atoms. The lowest BCUT2D eigenvalue weighted by molar-refractivity contribution is -0.119. The van der Waals surface area contributed by atoms with E-state index in [1.165, 1.54) is 6.92 Å². The lowest BCUT2D eigenvalue weighted by atomic mass is 10.0. The highest BCUT2D eigenvalue weighted by molar-refractivity contribution is 7.79. The Labute approximate surface area is 84.1 Å². The Morgan fingerprint density at radius 3 is 1.77 bits per heavy atom. The molecule has 0 aliphatic carbocycles. The summed E-state index contributed by atoms with van der Waals surface area (Å²) in [5.41, 5.74) is 0. The largest absolute Gasteiger partial charge is 0.465 e. The van der Waals surface area contributed by atoms with Crippen molar-refractivity contribution in [3.05, 3.63) is 0 Å². The Bertz CT molecular complexity index is 171. The standard InChI is InChI=1S/C7H13NO3.CH4S/c1-4(2)6(5(3)9)8-7(10)11;1-2/h4,6,8H,1-3H3,(H,10,11);2H,1H3. The third kappa shape index (κ3) is 7.64. The number of hydrogen-bond donors (Lipinski definition) is 3. The molecule has 0 aromatic rings. The molecule has 2 N–H and O–H groups in total. The average Bonchev–Trinajstić information content (AvgIpc) is 2.03. The summed E-state index contributed by atoms with van der Waals surface area (Å²) in [6.07, 6.45) is 0.541. The van der Waals surface area contributed by atoms with Crippen LogP contribution in [0.2, 0.25) is 0 Å². The van der Waals surface area contributed by atoms with Crippen molar-refractivity contribution in [1.29, 1.82) is 0 Å². The van der Waals surface area contributed by atoms with E-state index in [-0.39, 0.29) is 11.7 Å². The molecule has 1 amide bonds. The van der Waals surface area contributed by atoms with E-state index < -0.39 is 12.1 Å². The predicted molar refractivity (Wildman–Crippen MR) is 55.4 cm³/mol. The summed E-state index contributed by atoms with van der Waals surface area (Å²) in [5.74, 6) is -0.147. The third-order valence-corrected chi connectivity index (χ3v) is 1.38. The summed E-state index contributed by atoms with van der Waals surface area (Å²) in [5, 5.41) is 10.5.